The lowest BCUT2D eigenvalue weighted by atomic mass is 10.1. The van der Waals surface area contributed by atoms with E-state index in [0.29, 0.717) is 22.3 Å². The highest BCUT2D eigenvalue weighted by Crippen LogP contribution is 2.32. The fourth-order valence-electron chi connectivity index (χ4n) is 3.20. The quantitative estimate of drug-likeness (QED) is 0.404. The average molecular weight is 418 g/mol. The van der Waals surface area contributed by atoms with Gasteiger partial charge in [0.25, 0.3) is 0 Å². The molecule has 156 valence electrons. The largest absolute Gasteiger partial charge is 0.497 e. The van der Waals surface area contributed by atoms with Crippen LogP contribution in [0.25, 0.3) is 22.3 Å². The molecule has 0 aliphatic heterocycles. The molecular formula is C25H19FO5. The summed E-state index contributed by atoms with van der Waals surface area (Å²) in [6, 6.07) is 17.4. The highest BCUT2D eigenvalue weighted by atomic mass is 19.1. The van der Waals surface area contributed by atoms with Gasteiger partial charge in [0.05, 0.1) is 12.5 Å². The smallest absolute Gasteiger partial charge is 0.235 e. The van der Waals surface area contributed by atoms with Crippen LogP contribution in [0.3, 0.4) is 0 Å². The summed E-state index contributed by atoms with van der Waals surface area (Å²) in [7, 11) is 1.56. The second-order valence-electron chi connectivity index (χ2n) is 7.04. The summed E-state index contributed by atoms with van der Waals surface area (Å²) in [6.07, 6.45) is 0. The minimum atomic E-state index is -0.440. The number of ether oxygens (including phenoxy) is 2. The summed E-state index contributed by atoms with van der Waals surface area (Å²) in [5.74, 6) is -0.0138. The Kier molecular flexibility index (Phi) is 5.54. The fourth-order valence-corrected chi connectivity index (χ4v) is 3.20. The maximum Gasteiger partial charge on any atom is 0.235 e. The third kappa shape index (κ3) is 4.19. The molecule has 0 aliphatic carbocycles. The van der Waals surface area contributed by atoms with E-state index in [-0.39, 0.29) is 28.3 Å². The van der Waals surface area contributed by atoms with Crippen molar-refractivity contribution >= 4 is 16.8 Å². The number of Topliss-reactive ketones (excluding diaryl/α,β-unsaturated/α-hetero) is 1. The van der Waals surface area contributed by atoms with Gasteiger partial charge in [0.2, 0.25) is 11.2 Å². The molecule has 0 saturated carbocycles. The molecule has 6 heteroatoms. The first-order chi connectivity index (χ1) is 15.0. The maximum atomic E-state index is 13.2. The molecule has 0 spiro atoms. The Labute approximate surface area is 177 Å². The molecule has 0 saturated heterocycles. The van der Waals surface area contributed by atoms with E-state index in [1.165, 1.54) is 24.3 Å². The van der Waals surface area contributed by atoms with Crippen molar-refractivity contribution in [1.82, 2.24) is 0 Å². The number of carbonyl (C=O) groups is 1. The molecule has 3 aromatic carbocycles. The molecule has 0 radical (unpaired) electrons. The van der Waals surface area contributed by atoms with Crippen LogP contribution < -0.4 is 14.9 Å². The van der Waals surface area contributed by atoms with E-state index in [4.69, 9.17) is 13.9 Å². The third-order valence-electron chi connectivity index (χ3n) is 4.87. The van der Waals surface area contributed by atoms with Crippen molar-refractivity contribution in [3.63, 3.8) is 0 Å². The van der Waals surface area contributed by atoms with Gasteiger partial charge in [0, 0.05) is 11.1 Å². The van der Waals surface area contributed by atoms with Crippen molar-refractivity contribution in [3.05, 3.63) is 93.9 Å². The van der Waals surface area contributed by atoms with E-state index in [1.54, 1.807) is 49.6 Å². The number of fused-ring (bicyclic) bond motifs is 1. The van der Waals surface area contributed by atoms with Gasteiger partial charge < -0.3 is 13.9 Å². The van der Waals surface area contributed by atoms with Gasteiger partial charge in [0.15, 0.2) is 18.2 Å². The van der Waals surface area contributed by atoms with Crippen LogP contribution in [0.15, 0.2) is 75.9 Å². The standard InChI is InChI=1S/C25H19FO5/c1-15-3-12-20-22(13-15)31-24(17-6-10-19(29-2)11-7-17)25(23(20)28)30-14-21(27)16-4-8-18(26)9-5-16/h3-13H,14H2,1-2H3. The number of carbonyl (C=O) groups excluding carboxylic acids is 1. The Morgan fingerprint density at radius 3 is 2.39 bits per heavy atom. The zero-order valence-electron chi connectivity index (χ0n) is 17.0. The second-order valence-corrected chi connectivity index (χ2v) is 7.04. The number of aryl methyl sites for hydroxylation is 1. The third-order valence-corrected chi connectivity index (χ3v) is 4.87. The number of benzene rings is 3. The zero-order valence-corrected chi connectivity index (χ0v) is 17.0. The van der Waals surface area contributed by atoms with Crippen LogP contribution in [0, 0.1) is 12.7 Å². The lowest BCUT2D eigenvalue weighted by Gasteiger charge is -2.12. The van der Waals surface area contributed by atoms with Gasteiger partial charge in [-0.1, -0.05) is 6.07 Å². The lowest BCUT2D eigenvalue weighted by molar-refractivity contribution is 0.0920. The van der Waals surface area contributed by atoms with Gasteiger partial charge in [-0.25, -0.2) is 4.39 Å². The van der Waals surface area contributed by atoms with Gasteiger partial charge in [-0.2, -0.15) is 0 Å². The number of hydrogen-bond acceptors (Lipinski definition) is 5. The van der Waals surface area contributed by atoms with Crippen LogP contribution in [0.1, 0.15) is 15.9 Å². The number of hydrogen-bond donors (Lipinski definition) is 0. The SMILES string of the molecule is COc1ccc(-c2oc3cc(C)ccc3c(=O)c2OCC(=O)c2ccc(F)cc2)cc1. The molecule has 31 heavy (non-hydrogen) atoms. The highest BCUT2D eigenvalue weighted by molar-refractivity contribution is 5.97. The Balaban J connectivity index is 1.77. The van der Waals surface area contributed by atoms with Crippen molar-refractivity contribution in [2.45, 2.75) is 6.92 Å². The van der Waals surface area contributed by atoms with Crippen molar-refractivity contribution in [1.29, 1.82) is 0 Å². The van der Waals surface area contributed by atoms with Gasteiger partial charge in [-0.05, 0) is 73.2 Å². The minimum Gasteiger partial charge on any atom is -0.497 e. The van der Waals surface area contributed by atoms with Gasteiger partial charge in [0.1, 0.15) is 17.1 Å². The van der Waals surface area contributed by atoms with Gasteiger partial charge >= 0.3 is 0 Å². The predicted octanol–water partition coefficient (Wildman–Crippen LogP) is 5.18. The number of halogens is 1. The summed E-state index contributed by atoms with van der Waals surface area (Å²) in [6.45, 7) is 1.51. The summed E-state index contributed by atoms with van der Waals surface area (Å²) >= 11 is 0. The first kappa shape index (κ1) is 20.3. The normalized spacial score (nSPS) is 10.8. The van der Waals surface area contributed by atoms with E-state index in [2.05, 4.69) is 0 Å². The number of methoxy groups -OCH3 is 1. The van der Waals surface area contributed by atoms with E-state index in [9.17, 15) is 14.0 Å². The highest BCUT2D eigenvalue weighted by Gasteiger charge is 2.19. The van der Waals surface area contributed by atoms with E-state index < -0.39 is 12.4 Å². The summed E-state index contributed by atoms with van der Waals surface area (Å²) in [5.41, 5.74) is 1.88. The van der Waals surface area contributed by atoms with Crippen LogP contribution in [0.4, 0.5) is 4.39 Å². The fraction of sp³-hybridized carbons (Fsp3) is 0.120. The van der Waals surface area contributed by atoms with Crippen molar-refractivity contribution in [3.8, 4) is 22.8 Å². The Bertz CT molecular complexity index is 1310. The molecule has 0 amide bonds. The van der Waals surface area contributed by atoms with Crippen molar-refractivity contribution in [2.75, 3.05) is 13.7 Å². The van der Waals surface area contributed by atoms with E-state index in [1.807, 2.05) is 6.92 Å². The van der Waals surface area contributed by atoms with Crippen molar-refractivity contribution in [2.24, 2.45) is 0 Å². The minimum absolute atomic E-state index is 0.0584. The summed E-state index contributed by atoms with van der Waals surface area (Å²) < 4.78 is 30.0. The van der Waals surface area contributed by atoms with Crippen LogP contribution in [-0.2, 0) is 0 Å². The first-order valence-electron chi connectivity index (χ1n) is 9.59. The molecule has 0 N–H and O–H groups in total. The molecule has 0 fully saturated rings. The van der Waals surface area contributed by atoms with E-state index in [0.717, 1.165) is 5.56 Å². The molecule has 5 nitrogen and oxygen atoms in total. The maximum absolute atomic E-state index is 13.2. The molecule has 4 rings (SSSR count). The first-order valence-corrected chi connectivity index (χ1v) is 9.59. The predicted molar refractivity (Wildman–Crippen MR) is 115 cm³/mol. The zero-order chi connectivity index (χ0) is 22.0. The topological polar surface area (TPSA) is 65.7 Å². The van der Waals surface area contributed by atoms with Crippen molar-refractivity contribution < 1.29 is 23.1 Å². The van der Waals surface area contributed by atoms with Crippen LogP contribution >= 0.6 is 0 Å². The Morgan fingerprint density at radius 2 is 1.71 bits per heavy atom. The summed E-state index contributed by atoms with van der Waals surface area (Å²) in [5, 5.41) is 0.354. The molecule has 4 aromatic rings. The van der Waals surface area contributed by atoms with Crippen LogP contribution in [-0.4, -0.2) is 19.5 Å². The van der Waals surface area contributed by atoms with Gasteiger partial charge in [-0.15, -0.1) is 0 Å². The summed E-state index contributed by atoms with van der Waals surface area (Å²) in [4.78, 5) is 25.7. The van der Waals surface area contributed by atoms with Crippen LogP contribution in [0.2, 0.25) is 0 Å². The molecule has 0 atom stereocenters. The molecule has 0 aliphatic rings. The molecule has 1 heterocycles. The van der Waals surface area contributed by atoms with E-state index >= 15 is 0 Å². The molecular weight excluding hydrogens is 399 g/mol. The van der Waals surface area contributed by atoms with Crippen LogP contribution in [0.5, 0.6) is 11.5 Å². The number of rotatable bonds is 6. The molecule has 0 unspecified atom stereocenters. The molecule has 0 bridgehead atoms. The Hall–Kier alpha value is -3.93. The average Bonchev–Trinajstić information content (AvgIpc) is 2.78. The Morgan fingerprint density at radius 1 is 1.00 bits per heavy atom. The lowest BCUT2D eigenvalue weighted by Crippen LogP contribution is -2.17. The number of ketones is 1. The monoisotopic (exact) mass is 418 g/mol. The van der Waals surface area contributed by atoms with Gasteiger partial charge in [-0.3, -0.25) is 9.59 Å². The second kappa shape index (κ2) is 8.44. The molecule has 1 aromatic heterocycles.